The molecule has 1 aliphatic carbocycles. The van der Waals surface area contributed by atoms with Gasteiger partial charge in [0.1, 0.15) is 12.8 Å². The van der Waals surface area contributed by atoms with Gasteiger partial charge in [-0.15, -0.1) is 0 Å². The second-order valence-corrected chi connectivity index (χ2v) is 13.4. The number of carbonyl (C=O) groups excluding carboxylic acids is 1. The molecule has 1 saturated heterocycles. The number of amides is 1. The van der Waals surface area contributed by atoms with Crippen LogP contribution in [0.15, 0.2) is 52.4 Å². The Morgan fingerprint density at radius 2 is 1.60 bits per heavy atom. The number of fused-ring (bicyclic) bond motifs is 1. The molecule has 47 heavy (non-hydrogen) atoms. The summed E-state index contributed by atoms with van der Waals surface area (Å²) in [5.74, 6) is -13.0. The minimum Gasteiger partial charge on any atom is -0.374 e. The summed E-state index contributed by atoms with van der Waals surface area (Å²) < 4.78 is 98.6. The Morgan fingerprint density at radius 1 is 0.915 bits per heavy atom. The number of pyridine rings is 1. The summed E-state index contributed by atoms with van der Waals surface area (Å²) in [7, 11) is -5.38. The van der Waals surface area contributed by atoms with E-state index in [0.29, 0.717) is 21.2 Å². The summed E-state index contributed by atoms with van der Waals surface area (Å²) in [6, 6.07) is 6.36. The summed E-state index contributed by atoms with van der Waals surface area (Å²) >= 11 is 0. The molecule has 3 heterocycles. The van der Waals surface area contributed by atoms with E-state index in [2.05, 4.69) is 10.1 Å². The molecule has 1 amide bonds. The average Bonchev–Trinajstić information content (AvgIpc) is 3.05. The summed E-state index contributed by atoms with van der Waals surface area (Å²) in [5.41, 5.74) is 1.06. The number of anilines is 1. The Bertz CT molecular complexity index is 2010. The van der Waals surface area contributed by atoms with Crippen molar-refractivity contribution in [2.24, 2.45) is 0 Å². The lowest BCUT2D eigenvalue weighted by Crippen LogP contribution is -2.59. The van der Waals surface area contributed by atoms with Gasteiger partial charge in [-0.1, -0.05) is 25.3 Å². The van der Waals surface area contributed by atoms with Crippen molar-refractivity contribution in [1.29, 1.82) is 0 Å². The molecule has 6 rings (SSSR count). The number of carbonyl (C=O) groups is 1. The van der Waals surface area contributed by atoms with Crippen LogP contribution < -0.4 is 10.5 Å². The molecule has 0 spiro atoms. The second-order valence-electron chi connectivity index (χ2n) is 11.5. The lowest BCUT2D eigenvalue weighted by atomic mass is 9.86. The standard InChI is InChI=1S/C31H28F5N5O5S/c32-24-25(33)27(35)29(28(36)26(24)34)47(45,46)41-11-10-23(41)31(44)39(15-17-6-9-22(37-13-17)18-4-2-1-3-5-18)20-7-8-21-19(12-20)14-38-40(16-42)30(21)43/h6-9,12-14,18,23,42H,1-5,10-11,15-16H2. The SMILES string of the molecule is O=C(C1CCN1S(=O)(=O)c1c(F)c(F)c(F)c(F)c1F)N(Cc1ccc(C2CCCCC2)nc1)c1ccc2c(=O)n(CO)ncc2c1. The number of halogens is 5. The van der Waals surface area contributed by atoms with Gasteiger partial charge in [-0.2, -0.15) is 9.40 Å². The highest BCUT2D eigenvalue weighted by atomic mass is 32.2. The van der Waals surface area contributed by atoms with E-state index in [9.17, 15) is 45.1 Å². The number of aromatic nitrogens is 3. The van der Waals surface area contributed by atoms with E-state index in [1.165, 1.54) is 35.7 Å². The van der Waals surface area contributed by atoms with Gasteiger partial charge in [0.25, 0.3) is 5.56 Å². The number of aliphatic hydroxyl groups excluding tert-OH is 1. The topological polar surface area (TPSA) is 126 Å². The first-order chi connectivity index (χ1) is 22.4. The highest BCUT2D eigenvalue weighted by Crippen LogP contribution is 2.36. The Kier molecular flexibility index (Phi) is 8.84. The maximum absolute atomic E-state index is 14.6. The van der Waals surface area contributed by atoms with Crippen LogP contribution in [0.25, 0.3) is 10.8 Å². The Morgan fingerprint density at radius 3 is 2.19 bits per heavy atom. The summed E-state index contributed by atoms with van der Waals surface area (Å²) in [6.07, 6.45) is 8.16. The van der Waals surface area contributed by atoms with Crippen molar-refractivity contribution in [2.45, 2.75) is 68.7 Å². The van der Waals surface area contributed by atoms with Gasteiger partial charge >= 0.3 is 0 Å². The maximum atomic E-state index is 14.6. The molecule has 1 aliphatic heterocycles. The fraction of sp³-hybridized carbons (Fsp3) is 0.355. The zero-order chi connectivity index (χ0) is 33.6. The second kappa shape index (κ2) is 12.7. The predicted molar refractivity (Wildman–Crippen MR) is 158 cm³/mol. The molecular weight excluding hydrogens is 649 g/mol. The van der Waals surface area contributed by atoms with Crippen LogP contribution in [0.3, 0.4) is 0 Å². The highest BCUT2D eigenvalue weighted by Gasteiger charge is 2.48. The third kappa shape index (κ3) is 5.78. The van der Waals surface area contributed by atoms with Gasteiger partial charge in [0.15, 0.2) is 28.2 Å². The van der Waals surface area contributed by atoms with Crippen LogP contribution in [0, 0.1) is 29.1 Å². The molecule has 2 aliphatic rings. The molecule has 2 aromatic heterocycles. The third-order valence-corrected chi connectivity index (χ3v) is 10.7. The van der Waals surface area contributed by atoms with Gasteiger partial charge < -0.3 is 10.0 Å². The number of rotatable bonds is 8. The van der Waals surface area contributed by atoms with Gasteiger partial charge in [-0.3, -0.25) is 14.6 Å². The molecule has 248 valence electrons. The molecule has 16 heteroatoms. The van der Waals surface area contributed by atoms with Gasteiger partial charge in [0.2, 0.25) is 21.7 Å². The lowest BCUT2D eigenvalue weighted by molar-refractivity contribution is -0.125. The quantitative estimate of drug-likeness (QED) is 0.166. The van der Waals surface area contributed by atoms with E-state index in [-0.39, 0.29) is 24.0 Å². The molecule has 4 aromatic rings. The fourth-order valence-electron chi connectivity index (χ4n) is 6.10. The summed E-state index contributed by atoms with van der Waals surface area (Å²) in [6.45, 7) is -1.23. The average molecular weight is 678 g/mol. The first-order valence-electron chi connectivity index (χ1n) is 14.8. The number of hydrogen-bond acceptors (Lipinski definition) is 7. The molecule has 2 fully saturated rings. The smallest absolute Gasteiger partial charge is 0.276 e. The molecular formula is C31H28F5N5O5S. The van der Waals surface area contributed by atoms with Crippen molar-refractivity contribution in [3.63, 3.8) is 0 Å². The first-order valence-corrected chi connectivity index (χ1v) is 16.3. The van der Waals surface area contributed by atoms with Crippen LogP contribution in [0.4, 0.5) is 27.6 Å². The highest BCUT2D eigenvalue weighted by molar-refractivity contribution is 7.89. The minimum absolute atomic E-state index is 0.112. The summed E-state index contributed by atoms with van der Waals surface area (Å²) in [5, 5.41) is 13.7. The van der Waals surface area contributed by atoms with E-state index >= 15 is 0 Å². The normalized spacial score (nSPS) is 17.5. The fourth-order valence-corrected chi connectivity index (χ4v) is 7.84. The molecule has 0 radical (unpaired) electrons. The number of hydrogen-bond donors (Lipinski definition) is 1. The number of aliphatic hydroxyl groups is 1. The van der Waals surface area contributed by atoms with Crippen molar-refractivity contribution in [1.82, 2.24) is 19.1 Å². The van der Waals surface area contributed by atoms with Crippen molar-refractivity contribution >= 4 is 32.4 Å². The first kappa shape index (κ1) is 32.7. The van der Waals surface area contributed by atoms with Crippen LogP contribution in [0.5, 0.6) is 0 Å². The molecule has 1 unspecified atom stereocenters. The lowest BCUT2D eigenvalue weighted by Gasteiger charge is -2.41. The Hall–Kier alpha value is -4.28. The molecule has 1 N–H and O–H groups in total. The maximum Gasteiger partial charge on any atom is 0.276 e. The van der Waals surface area contributed by atoms with Gasteiger partial charge in [-0.25, -0.2) is 35.1 Å². The number of benzene rings is 2. The van der Waals surface area contributed by atoms with Crippen molar-refractivity contribution in [3.8, 4) is 0 Å². The van der Waals surface area contributed by atoms with Crippen LogP contribution >= 0.6 is 0 Å². The third-order valence-electron chi connectivity index (χ3n) is 8.75. The van der Waals surface area contributed by atoms with Gasteiger partial charge in [0.05, 0.1) is 18.1 Å². The van der Waals surface area contributed by atoms with Gasteiger partial charge in [0, 0.05) is 35.4 Å². The molecule has 0 bridgehead atoms. The van der Waals surface area contributed by atoms with Gasteiger partial charge in [-0.05, 0) is 49.1 Å². The van der Waals surface area contributed by atoms with Crippen LogP contribution in [-0.4, -0.2) is 51.1 Å². The van der Waals surface area contributed by atoms with Crippen LogP contribution in [-0.2, 0) is 28.1 Å². The largest absolute Gasteiger partial charge is 0.374 e. The Balaban J connectivity index is 1.37. The number of nitrogens with zero attached hydrogens (tertiary/aromatic N) is 5. The monoisotopic (exact) mass is 677 g/mol. The molecule has 1 saturated carbocycles. The zero-order valence-corrected chi connectivity index (χ0v) is 25.5. The predicted octanol–water partition coefficient (Wildman–Crippen LogP) is 4.48. The molecule has 10 nitrogen and oxygen atoms in total. The van der Waals surface area contributed by atoms with Crippen LogP contribution in [0.1, 0.15) is 55.7 Å². The van der Waals surface area contributed by atoms with Crippen molar-refractivity contribution in [3.05, 3.63) is 93.4 Å². The Labute approximate surface area is 265 Å². The summed E-state index contributed by atoms with van der Waals surface area (Å²) in [4.78, 5) is 30.5. The van der Waals surface area contributed by atoms with E-state index in [4.69, 9.17) is 0 Å². The van der Waals surface area contributed by atoms with Crippen molar-refractivity contribution < 1.29 is 40.3 Å². The van der Waals surface area contributed by atoms with E-state index in [0.717, 1.165) is 36.1 Å². The van der Waals surface area contributed by atoms with E-state index in [1.807, 2.05) is 6.07 Å². The number of sulfonamides is 1. The van der Waals surface area contributed by atoms with Crippen LogP contribution in [0.2, 0.25) is 0 Å². The molecule has 1 atom stereocenters. The van der Waals surface area contributed by atoms with E-state index < -0.39 is 74.8 Å². The van der Waals surface area contributed by atoms with Crippen molar-refractivity contribution in [2.75, 3.05) is 11.4 Å². The molecule has 2 aromatic carbocycles. The zero-order valence-electron chi connectivity index (χ0n) is 24.7. The minimum atomic E-state index is -5.38. The van der Waals surface area contributed by atoms with E-state index in [1.54, 1.807) is 12.3 Å².